The van der Waals surface area contributed by atoms with E-state index in [-0.39, 0.29) is 0 Å². The van der Waals surface area contributed by atoms with Crippen LogP contribution in [-0.4, -0.2) is 0 Å². The Kier molecular flexibility index (Phi) is 67.7. The smallest absolute Gasteiger partial charge is 0 e. The molecule has 0 heterocycles. The fourth-order valence-corrected chi connectivity index (χ4v) is 1.85. The molecule has 107 nitrogen and oxygen atoms in total. The topological polar surface area (TPSA) is 1350 Å². The molecule has 0 saturated heterocycles. The predicted molar refractivity (Wildman–Crippen MR) is 262 cm³/mol. The molecule has 0 radical (unpaired) electrons. The van der Waals surface area contributed by atoms with Crippen LogP contribution in [0.5, 0.6) is 0 Å². The lowest BCUT2D eigenvalue weighted by Gasteiger charge is -1.71. The molecular formula is H3N107. The SMILES string of the molecule is N=N/N=N/N=N/N=N/N=N/N=N/N=N/N=N/N=N/N=N/N=N/N=N/N=N/N=N/N=N/N=N/N=N/N=N/N=N/N=N/N=N/N=N/N=N/N=N/N=N/N=N/N=N/N=N/N=N/N=N/N=N/N=N/N=N/N=N/N=N/N=N/N=N/N=N/N=N/N=N/N=N/N=N/N=N/N=N/N=N/N=N/N=N/N=N/N=N/N=N/N=N/N=N/N=N/N. The standard InChI is InChI=1S/H3N107/c1-3-5-7-9-11-13-15-17-19-21-23-25-27-29-31-33-35-37-39-41-43-45-47-49-51-53-55-57-59-61-63-65-67-69-71-73-75-77-79-81-83-85-87-89-91-93-95-97-99-101-103-105-107-106-104-102-100-98-96-94-92-90-88-86-84-82-80-78-76-74-72-70-68-66-64-62-60-58-56-54-52-50-48-46-44-42-40-38-36-34-32-30-28-26-24-22-20-18-16-14-12-10-8-6-4-2/h(H3,1,2,5,6,9,10,13,14,17,18,21,22,25,26,29,30,33,34,37,38,41,42,45,46,49,50,53,54,57,58,61,62,65,66,69,70,73,74,77,78,81,82,85,86,89,90,93,94,97,98,101,102,105,106). The highest BCUT2D eigenvalue weighted by atomic mass is 15.8. The van der Waals surface area contributed by atoms with Crippen LogP contribution in [0.25, 0.3) is 0 Å². The fraction of sp³-hybridized carbons (Fsp3) is 0. The van der Waals surface area contributed by atoms with Crippen molar-refractivity contribution in [2.24, 2.45) is 554 Å². The third kappa shape index (κ3) is 84.6. The van der Waals surface area contributed by atoms with Gasteiger partial charge in [-0.1, -0.05) is 5.22 Å². The molecule has 0 spiro atoms. The van der Waals surface area contributed by atoms with Gasteiger partial charge in [-0.2, -0.15) is 5.53 Å². The summed E-state index contributed by atoms with van der Waals surface area (Å²) in [7, 11) is 0. The van der Waals surface area contributed by atoms with E-state index >= 15 is 0 Å². The average molecular weight is 1500 g/mol. The van der Waals surface area contributed by atoms with Crippen molar-refractivity contribution in [2.45, 2.75) is 0 Å². The van der Waals surface area contributed by atoms with E-state index in [1.165, 1.54) is 0 Å². The zero-order chi connectivity index (χ0) is 76.2. The maximum absolute atomic E-state index is 6.27. The van der Waals surface area contributed by atoms with Crippen molar-refractivity contribution in [1.82, 2.24) is 0 Å². The Bertz CT molecular complexity index is 3970. The van der Waals surface area contributed by atoms with Crippen LogP contribution in [0, 0.1) is 5.53 Å². The molecule has 538 valence electrons. The van der Waals surface area contributed by atoms with E-state index in [9.17, 15) is 0 Å². The number of nitrogens with zero attached hydrogens (tertiary/aromatic N) is 105. The van der Waals surface area contributed by atoms with Crippen LogP contribution in [0.2, 0.25) is 0 Å². The Hall–Kier alpha value is -21.4. The summed E-state index contributed by atoms with van der Waals surface area (Å²) in [5.74, 6) is 4.64. The number of rotatable bonds is 52. The molecular weight excluding hydrogens is 1500 g/mol. The summed E-state index contributed by atoms with van der Waals surface area (Å²) in [6.45, 7) is 0. The van der Waals surface area contributed by atoms with Crippen molar-refractivity contribution in [3.63, 3.8) is 0 Å². The summed E-state index contributed by atoms with van der Waals surface area (Å²) in [5.41, 5.74) is 6.27. The highest BCUT2D eigenvalue weighted by Crippen LogP contribution is 1.99. The van der Waals surface area contributed by atoms with Crippen molar-refractivity contribution in [3.8, 4) is 0 Å². The Balaban J connectivity index is 4.12. The lowest BCUT2D eigenvalue weighted by Crippen LogP contribution is -1.70. The van der Waals surface area contributed by atoms with Crippen molar-refractivity contribution in [1.29, 1.82) is 5.53 Å². The zero-order valence-corrected chi connectivity index (χ0v) is 48.0. The van der Waals surface area contributed by atoms with E-state index in [0.29, 0.717) is 0 Å². The molecule has 0 aliphatic heterocycles. The zero-order valence-electron chi connectivity index (χ0n) is 48.0. The predicted octanol–water partition coefficient (Wildman–Crippen LogP) is 19.0. The molecule has 0 atom stereocenters. The molecule has 0 unspecified atom stereocenters. The molecule has 107 heteroatoms. The van der Waals surface area contributed by atoms with Gasteiger partial charge in [0.15, 0.2) is 0 Å². The molecule has 0 aliphatic carbocycles. The molecule has 3 N–H and O–H groups in total. The lowest BCUT2D eigenvalue weighted by molar-refractivity contribution is 0.723. The fourth-order valence-electron chi connectivity index (χ4n) is 1.85. The molecule has 0 amide bonds. The van der Waals surface area contributed by atoms with Gasteiger partial charge in [-0.05, 0) is 78.3 Å². The summed E-state index contributed by atoms with van der Waals surface area (Å²) < 4.78 is 0. The molecule has 0 fully saturated rings. The maximum atomic E-state index is 6.27. The summed E-state index contributed by atoms with van der Waals surface area (Å²) in [6.07, 6.45) is 0. The van der Waals surface area contributed by atoms with Crippen molar-refractivity contribution >= 4 is 0 Å². The van der Waals surface area contributed by atoms with Gasteiger partial charge in [-0.15, -0.1) is 0 Å². The molecule has 0 aromatic carbocycles. The quantitative estimate of drug-likeness (QED) is 0.0335. The minimum Gasteiger partial charge on any atom is -0.303 e. The highest BCUT2D eigenvalue weighted by molar-refractivity contribution is 4.23. The van der Waals surface area contributed by atoms with Crippen LogP contribution in [0.3, 0.4) is 0 Å². The van der Waals surface area contributed by atoms with Crippen LogP contribution >= 0.6 is 0 Å². The van der Waals surface area contributed by atoms with Crippen molar-refractivity contribution in [3.05, 3.63) is 0 Å². The van der Waals surface area contributed by atoms with Gasteiger partial charge in [-0.3, -0.25) is 0 Å². The van der Waals surface area contributed by atoms with Crippen LogP contribution in [0.1, 0.15) is 0 Å². The Morgan fingerprint density at radius 3 is 0.168 bits per heavy atom. The van der Waals surface area contributed by atoms with Gasteiger partial charge in [0.05, 0.1) is 0 Å². The summed E-state index contributed by atoms with van der Waals surface area (Å²) in [5, 5.41) is 313. The maximum Gasteiger partial charge on any atom is 0 e. The minimum absolute atomic E-state index is 2.50. The first kappa shape index (κ1) is 85.6. The van der Waals surface area contributed by atoms with Crippen molar-refractivity contribution in [2.75, 3.05) is 0 Å². The third-order valence-corrected chi connectivity index (χ3v) is 4.18. The van der Waals surface area contributed by atoms with Gasteiger partial charge in [0.1, 0.15) is 0 Å². The summed E-state index contributed by atoms with van der Waals surface area (Å²) in [6, 6.07) is 0. The van der Waals surface area contributed by atoms with Crippen LogP contribution in [-0.2, 0) is 0 Å². The van der Waals surface area contributed by atoms with E-state index < -0.39 is 0 Å². The molecule has 0 bridgehead atoms. The number of hydrogen-bond acceptors (Lipinski definition) is 2. The molecule has 0 aromatic heterocycles. The Labute approximate surface area is 560 Å². The molecule has 0 rings (SSSR count). The number of hydrogen-bond donors (Lipinski definition) is 2. The number of nitrogens with two attached hydrogens (primary N) is 1. The third-order valence-electron chi connectivity index (χ3n) is 4.18. The highest BCUT2D eigenvalue weighted by Gasteiger charge is 1.81. The van der Waals surface area contributed by atoms with E-state index in [1.54, 1.807) is 0 Å². The van der Waals surface area contributed by atoms with E-state index in [4.69, 9.17) is 5.53 Å². The molecule has 0 aromatic rings. The van der Waals surface area contributed by atoms with Gasteiger partial charge < -0.3 is 5.84 Å². The Morgan fingerprint density at radius 1 is 0.0748 bits per heavy atom. The first-order chi connectivity index (χ1) is 53.4. The Morgan fingerprint density at radius 2 is 0.121 bits per heavy atom. The monoisotopic (exact) mass is 1500 g/mol. The minimum atomic E-state index is 2.50. The van der Waals surface area contributed by atoms with E-state index in [0.717, 1.165) is 0 Å². The van der Waals surface area contributed by atoms with E-state index in [2.05, 4.69) is 554 Å². The van der Waals surface area contributed by atoms with Gasteiger partial charge >= 0.3 is 0 Å². The summed E-state index contributed by atoms with van der Waals surface area (Å²) >= 11 is 0. The van der Waals surface area contributed by atoms with Gasteiger partial charge in [-0.25, -0.2) is 0 Å². The van der Waals surface area contributed by atoms with Crippen LogP contribution < -0.4 is 5.84 Å². The molecule has 0 aliphatic rings. The average Bonchev–Trinajstić information content (AvgIpc) is 3.82. The van der Waals surface area contributed by atoms with Crippen LogP contribution in [0.15, 0.2) is 548 Å². The molecule has 0 saturated carbocycles. The largest absolute Gasteiger partial charge is 0.303 e. The second-order valence-corrected chi connectivity index (χ2v) is 9.43. The lowest BCUT2D eigenvalue weighted by atomic mass is 12.3. The van der Waals surface area contributed by atoms with Crippen molar-refractivity contribution < 1.29 is 0 Å². The second-order valence-electron chi connectivity index (χ2n) is 9.43. The second kappa shape index (κ2) is 84.6. The normalized spacial score (nSPS) is 15.7. The van der Waals surface area contributed by atoms with Gasteiger partial charge in [0.2, 0.25) is 0 Å². The van der Waals surface area contributed by atoms with Crippen LogP contribution in [0.4, 0.5) is 0 Å². The first-order valence-electron chi connectivity index (χ1n) is 21.3. The van der Waals surface area contributed by atoms with Gasteiger partial charge in [0.25, 0.3) is 0 Å². The van der Waals surface area contributed by atoms with E-state index in [1.807, 2.05) is 0 Å². The van der Waals surface area contributed by atoms with Gasteiger partial charge in [0, 0.05) is 465 Å². The first-order valence-corrected chi connectivity index (χ1v) is 21.3. The molecule has 107 heavy (non-hydrogen) atoms. The summed E-state index contributed by atoms with van der Waals surface area (Å²) in [4.78, 5) is 0. The number of nitrogens with one attached hydrogen (secondary N) is 1.